The van der Waals surface area contributed by atoms with E-state index in [-0.39, 0.29) is 17.6 Å². The second-order valence-corrected chi connectivity index (χ2v) is 7.60. The van der Waals surface area contributed by atoms with Gasteiger partial charge in [-0.25, -0.2) is 4.39 Å². The Morgan fingerprint density at radius 2 is 1.93 bits per heavy atom. The summed E-state index contributed by atoms with van der Waals surface area (Å²) in [5, 5.41) is 4.16. The van der Waals surface area contributed by atoms with Crippen LogP contribution in [0.5, 0.6) is 0 Å². The molecule has 154 valence electrons. The third kappa shape index (κ3) is 4.03. The van der Waals surface area contributed by atoms with E-state index in [1.807, 2.05) is 37.3 Å². The van der Waals surface area contributed by atoms with Gasteiger partial charge in [0.2, 0.25) is 0 Å². The molecule has 6 heteroatoms. The van der Waals surface area contributed by atoms with E-state index in [0.717, 1.165) is 12.0 Å². The number of amides is 1. The number of nitrogens with zero attached hydrogens (tertiary/aromatic N) is 3. The summed E-state index contributed by atoms with van der Waals surface area (Å²) in [6.07, 6.45) is 4.73. The van der Waals surface area contributed by atoms with Gasteiger partial charge in [-0.05, 0) is 31.4 Å². The van der Waals surface area contributed by atoms with Crippen molar-refractivity contribution in [2.24, 2.45) is 5.92 Å². The molecule has 3 aromatic rings. The molecule has 0 radical (unpaired) electrons. The maximum absolute atomic E-state index is 14.7. The number of likely N-dealkylation sites (tertiary alicyclic amines) is 1. The van der Waals surface area contributed by atoms with E-state index in [1.165, 1.54) is 6.07 Å². The molecule has 0 bridgehead atoms. The molecule has 30 heavy (non-hydrogen) atoms. The first-order valence-electron chi connectivity index (χ1n) is 10.3. The van der Waals surface area contributed by atoms with Crippen LogP contribution in [0.15, 0.2) is 60.9 Å². The monoisotopic (exact) mass is 405 g/mol. The maximum Gasteiger partial charge on any atom is 0.257 e. The topological polar surface area (TPSA) is 55.2 Å². The second-order valence-electron chi connectivity index (χ2n) is 7.60. The molecule has 2 aromatic carbocycles. The zero-order chi connectivity index (χ0) is 21.1. The second kappa shape index (κ2) is 8.61. The van der Waals surface area contributed by atoms with Crippen LogP contribution in [-0.4, -0.2) is 39.5 Å². The molecule has 1 aromatic heterocycles. The van der Waals surface area contributed by atoms with Crippen LogP contribution in [0.25, 0.3) is 11.1 Å². The molecule has 5 nitrogen and oxygen atoms in total. The quantitative estimate of drug-likeness (QED) is 0.590. The molecular formula is C24H24FN3O2. The lowest BCUT2D eigenvalue weighted by molar-refractivity contribution is 0.0636. The van der Waals surface area contributed by atoms with Crippen molar-refractivity contribution in [3.63, 3.8) is 0 Å². The van der Waals surface area contributed by atoms with Gasteiger partial charge in [0.1, 0.15) is 5.82 Å². The van der Waals surface area contributed by atoms with E-state index in [1.54, 1.807) is 34.1 Å². The fourth-order valence-electron chi connectivity index (χ4n) is 3.96. The zero-order valence-corrected chi connectivity index (χ0v) is 16.9. The van der Waals surface area contributed by atoms with Gasteiger partial charge in [0.05, 0.1) is 11.8 Å². The molecule has 1 aliphatic heterocycles. The van der Waals surface area contributed by atoms with Gasteiger partial charge in [0.25, 0.3) is 5.91 Å². The Kier molecular flexibility index (Phi) is 5.74. The maximum atomic E-state index is 14.7. The molecule has 0 saturated carbocycles. The van der Waals surface area contributed by atoms with Crippen molar-refractivity contribution < 1.29 is 14.0 Å². The highest BCUT2D eigenvalue weighted by Crippen LogP contribution is 2.27. The predicted molar refractivity (Wildman–Crippen MR) is 113 cm³/mol. The summed E-state index contributed by atoms with van der Waals surface area (Å²) in [7, 11) is 0. The third-order valence-electron chi connectivity index (χ3n) is 5.62. The summed E-state index contributed by atoms with van der Waals surface area (Å²) < 4.78 is 16.4. The number of hydrogen-bond donors (Lipinski definition) is 0. The summed E-state index contributed by atoms with van der Waals surface area (Å²) >= 11 is 0. The summed E-state index contributed by atoms with van der Waals surface area (Å²) in [6.45, 7) is 3.61. The normalized spacial score (nSPS) is 16.5. The number of aromatic nitrogens is 2. The Balaban J connectivity index is 1.49. The van der Waals surface area contributed by atoms with Crippen LogP contribution in [0.4, 0.5) is 4.39 Å². The van der Waals surface area contributed by atoms with Crippen LogP contribution < -0.4 is 0 Å². The molecule has 2 heterocycles. The van der Waals surface area contributed by atoms with Gasteiger partial charge < -0.3 is 4.90 Å². The van der Waals surface area contributed by atoms with Crippen molar-refractivity contribution in [1.29, 1.82) is 0 Å². The number of rotatable bonds is 5. The van der Waals surface area contributed by atoms with E-state index >= 15 is 0 Å². The van der Waals surface area contributed by atoms with Crippen LogP contribution in [0.1, 0.15) is 40.5 Å². The minimum atomic E-state index is -0.414. The van der Waals surface area contributed by atoms with Gasteiger partial charge in [-0.2, -0.15) is 5.10 Å². The fraction of sp³-hybridized carbons (Fsp3) is 0.292. The van der Waals surface area contributed by atoms with Crippen molar-refractivity contribution >= 4 is 11.7 Å². The lowest BCUT2D eigenvalue weighted by atomic mass is 9.89. The van der Waals surface area contributed by atoms with Crippen LogP contribution in [-0.2, 0) is 6.54 Å². The Labute approximate surface area is 175 Å². The first-order valence-corrected chi connectivity index (χ1v) is 10.3. The molecule has 0 aliphatic carbocycles. The Hall–Kier alpha value is -3.28. The highest BCUT2D eigenvalue weighted by molar-refractivity contribution is 5.99. The standard InChI is InChI=1S/C24H24FN3O2/c1-2-28-16-20(14-26-28)24(30)27-12-6-9-19(15-27)23(29)18-10-11-21(22(25)13-18)17-7-4-3-5-8-17/h3-5,7-8,10-11,13-14,16,19H,2,6,9,12,15H2,1H3/t19-/m0/s1. The number of carbonyl (C=O) groups is 2. The lowest BCUT2D eigenvalue weighted by Gasteiger charge is -2.31. The number of aryl methyl sites for hydroxylation is 1. The fourth-order valence-corrected chi connectivity index (χ4v) is 3.96. The molecular weight excluding hydrogens is 381 g/mol. The van der Waals surface area contributed by atoms with Crippen LogP contribution in [0, 0.1) is 11.7 Å². The van der Waals surface area contributed by atoms with Gasteiger partial charge in [-0.1, -0.05) is 42.5 Å². The first-order chi connectivity index (χ1) is 14.6. The predicted octanol–water partition coefficient (Wildman–Crippen LogP) is 4.44. The molecule has 0 N–H and O–H groups in total. The van der Waals surface area contributed by atoms with E-state index in [0.29, 0.717) is 42.7 Å². The number of halogens is 1. The van der Waals surface area contributed by atoms with Gasteiger partial charge in [-0.15, -0.1) is 0 Å². The van der Waals surface area contributed by atoms with Crippen molar-refractivity contribution in [1.82, 2.24) is 14.7 Å². The minimum absolute atomic E-state index is 0.113. The molecule has 4 rings (SSSR count). The van der Waals surface area contributed by atoms with Gasteiger partial charge >= 0.3 is 0 Å². The molecule has 1 atom stereocenters. The smallest absolute Gasteiger partial charge is 0.257 e. The van der Waals surface area contributed by atoms with Crippen molar-refractivity contribution in [2.75, 3.05) is 13.1 Å². The van der Waals surface area contributed by atoms with Gasteiger partial charge in [0.15, 0.2) is 5.78 Å². The summed E-state index contributed by atoms with van der Waals surface area (Å²) in [5.74, 6) is -0.971. The SMILES string of the molecule is CCn1cc(C(=O)N2CCC[C@H](C(=O)c3ccc(-c4ccccc4)c(F)c3)C2)cn1. The van der Waals surface area contributed by atoms with E-state index in [9.17, 15) is 14.0 Å². The number of Topliss-reactive ketones (excluding diaryl/α,β-unsaturated/α-hetero) is 1. The average molecular weight is 405 g/mol. The molecule has 1 saturated heterocycles. The highest BCUT2D eigenvalue weighted by Gasteiger charge is 2.30. The number of carbonyl (C=O) groups excluding carboxylic acids is 2. The Bertz CT molecular complexity index is 1060. The number of hydrogen-bond acceptors (Lipinski definition) is 3. The minimum Gasteiger partial charge on any atom is -0.338 e. The summed E-state index contributed by atoms with van der Waals surface area (Å²) in [5.41, 5.74) is 2.13. The Morgan fingerprint density at radius 3 is 2.63 bits per heavy atom. The molecule has 0 spiro atoms. The van der Waals surface area contributed by atoms with E-state index in [2.05, 4.69) is 5.10 Å². The largest absolute Gasteiger partial charge is 0.338 e. The first kappa shape index (κ1) is 20.0. The van der Waals surface area contributed by atoms with E-state index < -0.39 is 5.82 Å². The third-order valence-corrected chi connectivity index (χ3v) is 5.62. The van der Waals surface area contributed by atoms with Crippen molar-refractivity contribution in [3.05, 3.63) is 77.9 Å². The average Bonchev–Trinajstić information content (AvgIpc) is 3.28. The van der Waals surface area contributed by atoms with Gasteiger partial charge in [0, 0.05) is 42.9 Å². The molecule has 0 unspecified atom stereocenters. The summed E-state index contributed by atoms with van der Waals surface area (Å²) in [4.78, 5) is 27.5. The summed E-state index contributed by atoms with van der Waals surface area (Å²) in [6, 6.07) is 13.9. The number of ketones is 1. The van der Waals surface area contributed by atoms with Gasteiger partial charge in [-0.3, -0.25) is 14.3 Å². The number of piperidine rings is 1. The zero-order valence-electron chi connectivity index (χ0n) is 16.9. The van der Waals surface area contributed by atoms with Crippen molar-refractivity contribution in [2.45, 2.75) is 26.3 Å². The molecule has 1 fully saturated rings. The molecule has 1 aliphatic rings. The Morgan fingerprint density at radius 1 is 1.13 bits per heavy atom. The van der Waals surface area contributed by atoms with Crippen LogP contribution >= 0.6 is 0 Å². The van der Waals surface area contributed by atoms with Crippen LogP contribution in [0.2, 0.25) is 0 Å². The van der Waals surface area contributed by atoms with Crippen molar-refractivity contribution in [3.8, 4) is 11.1 Å². The van der Waals surface area contributed by atoms with Crippen LogP contribution in [0.3, 0.4) is 0 Å². The lowest BCUT2D eigenvalue weighted by Crippen LogP contribution is -2.42. The molecule has 1 amide bonds. The van der Waals surface area contributed by atoms with E-state index in [4.69, 9.17) is 0 Å². The number of benzene rings is 2. The highest BCUT2D eigenvalue weighted by atomic mass is 19.1.